The molecular weight excluding hydrogens is 246 g/mol. The van der Waals surface area contributed by atoms with Crippen molar-refractivity contribution < 1.29 is 13.0 Å². The van der Waals surface area contributed by atoms with Gasteiger partial charge in [0.25, 0.3) is 0 Å². The fraction of sp³-hybridized carbons (Fsp3) is 1.00. The molecular formula is C8H12F2OS3. The minimum atomic E-state index is -2.23. The number of fused-ring (bicyclic) bond motifs is 1. The van der Waals surface area contributed by atoms with Crippen LogP contribution in [0.25, 0.3) is 0 Å². The largest absolute Gasteiger partial charge is 0.246 e. The first-order chi connectivity index (χ1) is 6.48. The Kier molecular flexibility index (Phi) is 3.06. The second kappa shape index (κ2) is 3.87. The molecule has 0 aromatic carbocycles. The Morgan fingerprint density at radius 1 is 1.21 bits per heavy atom. The molecule has 14 heavy (non-hydrogen) atoms. The summed E-state index contributed by atoms with van der Waals surface area (Å²) < 4.78 is 37.8. The fourth-order valence-corrected chi connectivity index (χ4v) is 6.97. The molecule has 0 amide bonds. The van der Waals surface area contributed by atoms with Gasteiger partial charge in [-0.2, -0.15) is 0 Å². The highest BCUT2D eigenvalue weighted by atomic mass is 33.3. The van der Waals surface area contributed by atoms with Gasteiger partial charge in [-0.15, -0.1) is 0 Å². The summed E-state index contributed by atoms with van der Waals surface area (Å²) in [6.07, 6.45) is -2.20. The van der Waals surface area contributed by atoms with E-state index >= 15 is 0 Å². The average molecular weight is 258 g/mol. The van der Waals surface area contributed by atoms with Crippen LogP contribution in [0.1, 0.15) is 12.8 Å². The number of hydrogen-bond donors (Lipinski definition) is 0. The molecule has 0 N–H and O–H groups in total. The predicted molar refractivity (Wildman–Crippen MR) is 58.8 cm³/mol. The summed E-state index contributed by atoms with van der Waals surface area (Å²) in [6.45, 7) is 0. The van der Waals surface area contributed by atoms with Gasteiger partial charge in [-0.3, -0.25) is 0 Å². The fourth-order valence-electron chi connectivity index (χ4n) is 2.17. The van der Waals surface area contributed by atoms with Gasteiger partial charge in [-0.1, -0.05) is 10.8 Å². The molecule has 1 saturated carbocycles. The maximum Gasteiger partial charge on any atom is 0.131 e. The molecule has 2 rings (SSSR count). The van der Waals surface area contributed by atoms with Gasteiger partial charge in [0.2, 0.25) is 0 Å². The molecule has 82 valence electrons. The van der Waals surface area contributed by atoms with Crippen molar-refractivity contribution in [1.82, 2.24) is 0 Å². The SMILES string of the molecule is O=S1(=S)CC2CC(F)C(F)CC2CS1. The topological polar surface area (TPSA) is 17.1 Å². The van der Waals surface area contributed by atoms with Gasteiger partial charge in [0.1, 0.15) is 12.3 Å². The monoisotopic (exact) mass is 258 g/mol. The highest BCUT2D eigenvalue weighted by Crippen LogP contribution is 2.42. The first-order valence-electron chi connectivity index (χ1n) is 4.63. The van der Waals surface area contributed by atoms with Gasteiger partial charge in [0.15, 0.2) is 0 Å². The second-order valence-electron chi connectivity index (χ2n) is 4.03. The van der Waals surface area contributed by atoms with Crippen LogP contribution in [-0.4, -0.2) is 28.1 Å². The molecule has 5 atom stereocenters. The van der Waals surface area contributed by atoms with E-state index in [1.165, 1.54) is 10.8 Å². The summed E-state index contributed by atoms with van der Waals surface area (Å²) in [5.74, 6) is 1.26. The molecule has 0 aromatic rings. The van der Waals surface area contributed by atoms with Crippen molar-refractivity contribution in [3.8, 4) is 0 Å². The Balaban J connectivity index is 2.09. The van der Waals surface area contributed by atoms with Crippen LogP contribution in [0.2, 0.25) is 0 Å². The molecule has 0 spiro atoms. The summed E-state index contributed by atoms with van der Waals surface area (Å²) in [4.78, 5) is 0. The zero-order valence-electron chi connectivity index (χ0n) is 7.53. The molecule has 0 aromatic heterocycles. The Labute approximate surface area is 91.1 Å². The van der Waals surface area contributed by atoms with Crippen LogP contribution in [0.5, 0.6) is 0 Å². The lowest BCUT2D eigenvalue weighted by Crippen LogP contribution is -2.40. The van der Waals surface area contributed by atoms with Gasteiger partial charge in [0, 0.05) is 11.5 Å². The minimum Gasteiger partial charge on any atom is -0.246 e. The molecule has 1 aliphatic heterocycles. The van der Waals surface area contributed by atoms with E-state index in [4.69, 9.17) is 11.2 Å². The van der Waals surface area contributed by atoms with Gasteiger partial charge in [-0.25, -0.2) is 13.0 Å². The predicted octanol–water partition coefficient (Wildman–Crippen LogP) is 2.10. The van der Waals surface area contributed by atoms with E-state index < -0.39 is 19.9 Å². The summed E-state index contributed by atoms with van der Waals surface area (Å²) in [7, 11) is -0.970. The number of alkyl halides is 2. The quantitative estimate of drug-likeness (QED) is 0.619. The summed E-state index contributed by atoms with van der Waals surface area (Å²) >= 11 is 4.91. The molecule has 2 aliphatic rings. The van der Waals surface area contributed by atoms with Crippen molar-refractivity contribution in [1.29, 1.82) is 0 Å². The number of halogens is 2. The molecule has 0 bridgehead atoms. The highest BCUT2D eigenvalue weighted by molar-refractivity contribution is 8.85. The van der Waals surface area contributed by atoms with E-state index in [-0.39, 0.29) is 24.7 Å². The molecule has 1 saturated heterocycles. The maximum absolute atomic E-state index is 13.1. The molecule has 5 unspecified atom stereocenters. The van der Waals surface area contributed by atoms with Crippen LogP contribution in [0.3, 0.4) is 0 Å². The lowest BCUT2D eigenvalue weighted by Gasteiger charge is -2.38. The normalized spacial score (nSPS) is 53.9. The van der Waals surface area contributed by atoms with E-state index in [0.717, 1.165) is 0 Å². The van der Waals surface area contributed by atoms with Gasteiger partial charge in [0.05, 0.1) is 7.52 Å². The van der Waals surface area contributed by atoms with Crippen molar-refractivity contribution in [2.75, 3.05) is 11.5 Å². The van der Waals surface area contributed by atoms with E-state index in [0.29, 0.717) is 11.5 Å². The van der Waals surface area contributed by atoms with Crippen LogP contribution in [-0.2, 0) is 18.7 Å². The highest BCUT2D eigenvalue weighted by Gasteiger charge is 2.41. The number of hydrogen-bond acceptors (Lipinski definition) is 3. The molecule has 1 nitrogen and oxygen atoms in total. The summed E-state index contributed by atoms with van der Waals surface area (Å²) in [5.41, 5.74) is 0. The lowest BCUT2D eigenvalue weighted by atomic mass is 9.79. The Hall–Kier alpha value is 0.580. The van der Waals surface area contributed by atoms with Crippen molar-refractivity contribution in [3.63, 3.8) is 0 Å². The van der Waals surface area contributed by atoms with Crippen LogP contribution < -0.4 is 0 Å². The van der Waals surface area contributed by atoms with Crippen LogP contribution >= 0.6 is 10.8 Å². The molecule has 1 aliphatic carbocycles. The average Bonchev–Trinajstić information content (AvgIpc) is 2.07. The summed E-state index contributed by atoms with van der Waals surface area (Å²) in [6, 6.07) is 0. The van der Waals surface area contributed by atoms with E-state index in [2.05, 4.69) is 0 Å². The Bertz CT molecular complexity index is 317. The first kappa shape index (κ1) is 11.1. The van der Waals surface area contributed by atoms with Gasteiger partial charge >= 0.3 is 0 Å². The third-order valence-electron chi connectivity index (χ3n) is 2.99. The Morgan fingerprint density at radius 2 is 1.79 bits per heavy atom. The molecule has 1 heterocycles. The van der Waals surface area contributed by atoms with Crippen molar-refractivity contribution in [2.45, 2.75) is 25.2 Å². The van der Waals surface area contributed by atoms with Crippen LogP contribution in [0.15, 0.2) is 0 Å². The second-order valence-corrected chi connectivity index (χ2v) is 10.6. The van der Waals surface area contributed by atoms with Crippen molar-refractivity contribution in [3.05, 3.63) is 0 Å². The van der Waals surface area contributed by atoms with Crippen molar-refractivity contribution >= 4 is 29.5 Å². The van der Waals surface area contributed by atoms with E-state index in [9.17, 15) is 13.0 Å². The summed E-state index contributed by atoms with van der Waals surface area (Å²) in [5, 5.41) is 0. The lowest BCUT2D eigenvalue weighted by molar-refractivity contribution is 0.0652. The van der Waals surface area contributed by atoms with E-state index in [1.54, 1.807) is 0 Å². The molecule has 0 radical (unpaired) electrons. The first-order valence-corrected chi connectivity index (χ1v) is 8.78. The molecule has 6 heteroatoms. The zero-order valence-corrected chi connectivity index (χ0v) is 9.98. The molecule has 2 fully saturated rings. The van der Waals surface area contributed by atoms with Crippen molar-refractivity contribution in [2.24, 2.45) is 11.8 Å². The van der Waals surface area contributed by atoms with Gasteiger partial charge < -0.3 is 0 Å². The smallest absolute Gasteiger partial charge is 0.131 e. The van der Waals surface area contributed by atoms with E-state index in [1.807, 2.05) is 0 Å². The van der Waals surface area contributed by atoms with Crippen LogP contribution in [0.4, 0.5) is 8.78 Å². The third kappa shape index (κ3) is 2.22. The third-order valence-corrected chi connectivity index (χ3v) is 7.92. The standard InChI is InChI=1S/C8H12F2OS3/c9-7-1-5-3-13-14(11,12)4-6(5)2-8(7)10/h5-8H,1-4H2. The Morgan fingerprint density at radius 3 is 2.43 bits per heavy atom. The zero-order chi connectivity index (χ0) is 10.3. The maximum atomic E-state index is 13.1. The van der Waals surface area contributed by atoms with Crippen LogP contribution in [0, 0.1) is 11.8 Å². The minimum absolute atomic E-state index is 0.0447. The number of rotatable bonds is 0. The van der Waals surface area contributed by atoms with Gasteiger partial charge in [-0.05, 0) is 35.9 Å².